The van der Waals surface area contributed by atoms with E-state index >= 15 is 0 Å². The molecule has 1 N–H and O–H groups in total. The minimum atomic E-state index is -3.93. The number of methoxy groups -OCH3 is 1. The lowest BCUT2D eigenvalue weighted by Crippen LogP contribution is -2.01. The number of halogens is 1. The zero-order valence-electron chi connectivity index (χ0n) is 11.0. The van der Waals surface area contributed by atoms with Crippen LogP contribution >= 0.6 is 11.6 Å². The maximum absolute atomic E-state index is 12.2. The van der Waals surface area contributed by atoms with Crippen LogP contribution in [0.5, 0.6) is 11.5 Å². The third-order valence-corrected chi connectivity index (χ3v) is 4.16. The summed E-state index contributed by atoms with van der Waals surface area (Å²) in [5, 5.41) is 9.89. The molecular weight excluding hydrogens is 314 g/mol. The van der Waals surface area contributed by atoms with Gasteiger partial charge in [0.1, 0.15) is 16.4 Å². The summed E-state index contributed by atoms with van der Waals surface area (Å²) in [5.41, 5.74) is 0.598. The number of hydrogen-bond acceptors (Lipinski definition) is 4. The van der Waals surface area contributed by atoms with Gasteiger partial charge in [-0.2, -0.15) is 12.8 Å². The van der Waals surface area contributed by atoms with Gasteiger partial charge in [-0.1, -0.05) is 23.7 Å². The zero-order valence-corrected chi connectivity index (χ0v) is 12.6. The van der Waals surface area contributed by atoms with Gasteiger partial charge in [0.15, 0.2) is 0 Å². The van der Waals surface area contributed by atoms with Crippen molar-refractivity contribution in [3.63, 3.8) is 0 Å². The van der Waals surface area contributed by atoms with Crippen LogP contribution in [0.2, 0.25) is 5.02 Å². The van der Waals surface area contributed by atoms with Gasteiger partial charge in [-0.15, -0.1) is 0 Å². The van der Waals surface area contributed by atoms with Gasteiger partial charge in [-0.25, -0.2) is 0 Å². The fourth-order valence-corrected chi connectivity index (χ4v) is 2.74. The minimum absolute atomic E-state index is 0.0308. The Balaban J connectivity index is 2.36. The molecule has 0 aliphatic heterocycles. The summed E-state index contributed by atoms with van der Waals surface area (Å²) in [6.07, 6.45) is 1.22. The van der Waals surface area contributed by atoms with E-state index in [2.05, 4.69) is 4.40 Å². The molecule has 0 atom stereocenters. The lowest BCUT2D eigenvalue weighted by molar-refractivity contribution is 0.396. The van der Waals surface area contributed by atoms with Crippen molar-refractivity contribution in [3.8, 4) is 11.5 Å². The third kappa shape index (κ3) is 3.74. The molecule has 2 aromatic rings. The highest BCUT2D eigenvalue weighted by Crippen LogP contribution is 2.29. The van der Waals surface area contributed by atoms with Gasteiger partial charge in [0.05, 0.1) is 7.11 Å². The van der Waals surface area contributed by atoms with Gasteiger partial charge in [0.2, 0.25) is 0 Å². The molecule has 2 rings (SSSR count). The number of hydrogen-bond donors (Lipinski definition) is 1. The molecule has 0 aromatic heterocycles. The van der Waals surface area contributed by atoms with Crippen LogP contribution in [-0.2, 0) is 10.0 Å². The number of ether oxygens (including phenoxy) is 1. The lowest BCUT2D eigenvalue weighted by Gasteiger charge is -2.06. The van der Waals surface area contributed by atoms with E-state index in [-0.39, 0.29) is 16.4 Å². The smallest absolute Gasteiger partial charge is 0.285 e. The zero-order chi connectivity index (χ0) is 15.5. The van der Waals surface area contributed by atoms with Crippen LogP contribution in [0, 0.1) is 0 Å². The summed E-state index contributed by atoms with van der Waals surface area (Å²) in [7, 11) is -2.61. The SMILES string of the molecule is COc1cc(O)ccc1S(=O)(=O)N=Cc1ccc(Cl)cc1. The normalized spacial score (nSPS) is 11.7. The van der Waals surface area contributed by atoms with E-state index in [0.29, 0.717) is 10.6 Å². The van der Waals surface area contributed by atoms with E-state index in [4.69, 9.17) is 16.3 Å². The number of nitrogens with zero attached hydrogens (tertiary/aromatic N) is 1. The molecule has 21 heavy (non-hydrogen) atoms. The Morgan fingerprint density at radius 1 is 1.19 bits per heavy atom. The molecule has 0 aliphatic carbocycles. The first-order chi connectivity index (χ1) is 9.92. The molecule has 110 valence electrons. The summed E-state index contributed by atoms with van der Waals surface area (Å²) >= 11 is 5.75. The molecule has 0 saturated carbocycles. The Hall–Kier alpha value is -2.05. The quantitative estimate of drug-likeness (QED) is 0.877. The number of phenolic OH excluding ortho intramolecular Hbond substituents is 1. The van der Waals surface area contributed by atoms with E-state index in [1.165, 1.54) is 31.5 Å². The Labute approximate surface area is 127 Å². The van der Waals surface area contributed by atoms with Gasteiger partial charge in [-0.3, -0.25) is 0 Å². The molecular formula is C14H12ClNO4S. The molecule has 0 spiro atoms. The lowest BCUT2D eigenvalue weighted by atomic mass is 10.2. The Bertz CT molecular complexity index is 770. The highest BCUT2D eigenvalue weighted by atomic mass is 35.5. The van der Waals surface area contributed by atoms with Crippen molar-refractivity contribution < 1.29 is 18.3 Å². The van der Waals surface area contributed by atoms with Crippen LogP contribution in [0.15, 0.2) is 51.8 Å². The fraction of sp³-hybridized carbons (Fsp3) is 0.0714. The second-order valence-corrected chi connectivity index (χ2v) is 6.13. The van der Waals surface area contributed by atoms with Gasteiger partial charge in [0, 0.05) is 17.3 Å². The van der Waals surface area contributed by atoms with Crippen LogP contribution in [0.1, 0.15) is 5.56 Å². The van der Waals surface area contributed by atoms with E-state index in [1.807, 2.05) is 0 Å². The minimum Gasteiger partial charge on any atom is -0.508 e. The molecule has 5 nitrogen and oxygen atoms in total. The van der Waals surface area contributed by atoms with Gasteiger partial charge in [0.25, 0.3) is 10.0 Å². The Morgan fingerprint density at radius 2 is 1.86 bits per heavy atom. The second kappa shape index (κ2) is 6.15. The van der Waals surface area contributed by atoms with Crippen LogP contribution in [0.25, 0.3) is 0 Å². The number of rotatable bonds is 4. The Morgan fingerprint density at radius 3 is 2.48 bits per heavy atom. The first kappa shape index (κ1) is 15.3. The topological polar surface area (TPSA) is 76.0 Å². The molecule has 7 heteroatoms. The molecule has 0 amide bonds. The molecule has 0 heterocycles. The van der Waals surface area contributed by atoms with Crippen molar-refractivity contribution in [2.75, 3.05) is 7.11 Å². The summed E-state index contributed by atoms with van der Waals surface area (Å²) in [6, 6.07) is 10.3. The first-order valence-electron chi connectivity index (χ1n) is 5.85. The highest BCUT2D eigenvalue weighted by Gasteiger charge is 2.18. The van der Waals surface area contributed by atoms with Crippen molar-refractivity contribution in [2.24, 2.45) is 4.40 Å². The maximum Gasteiger partial charge on any atom is 0.285 e. The number of phenols is 1. The van der Waals surface area contributed by atoms with E-state index in [9.17, 15) is 13.5 Å². The van der Waals surface area contributed by atoms with E-state index < -0.39 is 10.0 Å². The van der Waals surface area contributed by atoms with Crippen LogP contribution in [-0.4, -0.2) is 26.8 Å². The largest absolute Gasteiger partial charge is 0.508 e. The monoisotopic (exact) mass is 325 g/mol. The van der Waals surface area contributed by atoms with Crippen LogP contribution in [0.3, 0.4) is 0 Å². The number of sulfonamides is 1. The van der Waals surface area contributed by atoms with Crippen molar-refractivity contribution in [3.05, 3.63) is 53.1 Å². The van der Waals surface area contributed by atoms with Gasteiger partial charge < -0.3 is 9.84 Å². The molecule has 0 radical (unpaired) electrons. The summed E-state index contributed by atoms with van der Waals surface area (Å²) in [4.78, 5) is -0.118. The molecule has 0 unspecified atom stereocenters. The average Bonchev–Trinajstić information content (AvgIpc) is 2.46. The molecule has 0 aliphatic rings. The highest BCUT2D eigenvalue weighted by molar-refractivity contribution is 7.90. The van der Waals surface area contributed by atoms with Crippen molar-refractivity contribution in [2.45, 2.75) is 4.90 Å². The summed E-state index contributed by atoms with van der Waals surface area (Å²) in [6.45, 7) is 0. The van der Waals surface area contributed by atoms with Crippen molar-refractivity contribution in [1.82, 2.24) is 0 Å². The molecule has 0 bridgehead atoms. The third-order valence-electron chi connectivity index (χ3n) is 2.64. The standard InChI is InChI=1S/C14H12ClNO4S/c1-20-13-8-12(17)6-7-14(13)21(18,19)16-9-10-2-4-11(15)5-3-10/h2-9,17H,1H3. The molecule has 0 fully saturated rings. The first-order valence-corrected chi connectivity index (χ1v) is 7.67. The molecule has 2 aromatic carbocycles. The predicted molar refractivity (Wildman–Crippen MR) is 80.9 cm³/mol. The predicted octanol–water partition coefficient (Wildman–Crippen LogP) is 2.86. The van der Waals surface area contributed by atoms with Crippen molar-refractivity contribution in [1.29, 1.82) is 0 Å². The summed E-state index contributed by atoms with van der Waals surface area (Å²) < 4.78 is 32.9. The van der Waals surface area contributed by atoms with Gasteiger partial charge in [-0.05, 0) is 29.8 Å². The van der Waals surface area contributed by atoms with Crippen LogP contribution < -0.4 is 4.74 Å². The van der Waals surface area contributed by atoms with Crippen molar-refractivity contribution >= 4 is 27.8 Å². The van der Waals surface area contributed by atoms with E-state index in [0.717, 1.165) is 0 Å². The fourth-order valence-electron chi connectivity index (χ4n) is 1.61. The number of benzene rings is 2. The van der Waals surface area contributed by atoms with E-state index in [1.54, 1.807) is 24.3 Å². The van der Waals surface area contributed by atoms with Crippen LogP contribution in [0.4, 0.5) is 0 Å². The Kier molecular flexibility index (Phi) is 4.50. The molecule has 0 saturated heterocycles. The maximum atomic E-state index is 12.2. The number of aromatic hydroxyl groups is 1. The average molecular weight is 326 g/mol. The van der Waals surface area contributed by atoms with Gasteiger partial charge >= 0.3 is 0 Å². The second-order valence-electron chi connectivity index (χ2n) is 4.10. The summed E-state index contributed by atoms with van der Waals surface area (Å²) in [5.74, 6) is -0.0595.